The summed E-state index contributed by atoms with van der Waals surface area (Å²) in [7, 11) is 1.60. The number of hydrogen-bond acceptors (Lipinski definition) is 6. The fourth-order valence-electron chi connectivity index (χ4n) is 2.60. The molecule has 3 amide bonds. The summed E-state index contributed by atoms with van der Waals surface area (Å²) in [5, 5.41) is 5.35. The van der Waals surface area contributed by atoms with Gasteiger partial charge in [0.25, 0.3) is 5.56 Å². The van der Waals surface area contributed by atoms with E-state index < -0.39 is 22.7 Å². The number of nitrogens with zero attached hydrogens (tertiary/aromatic N) is 2. The highest BCUT2D eigenvalue weighted by atomic mass is 32.2. The molecule has 0 radical (unpaired) electrons. The van der Waals surface area contributed by atoms with Gasteiger partial charge in [0.05, 0.1) is 16.2 Å². The third-order valence-electron chi connectivity index (χ3n) is 3.93. The maximum Gasteiger partial charge on any atom is 0.321 e. The monoisotopic (exact) mass is 420 g/mol. The van der Waals surface area contributed by atoms with Crippen LogP contribution >= 0.6 is 11.8 Å². The van der Waals surface area contributed by atoms with Gasteiger partial charge in [-0.3, -0.25) is 19.5 Å². The predicted molar refractivity (Wildman–Crippen MR) is 114 cm³/mol. The van der Waals surface area contributed by atoms with Crippen molar-refractivity contribution in [2.24, 2.45) is 0 Å². The van der Waals surface area contributed by atoms with Crippen molar-refractivity contribution < 1.29 is 14.3 Å². The molecule has 0 aliphatic rings. The van der Waals surface area contributed by atoms with Crippen molar-refractivity contribution in [2.75, 3.05) is 13.7 Å². The quantitative estimate of drug-likeness (QED) is 0.405. The molecule has 29 heavy (non-hydrogen) atoms. The van der Waals surface area contributed by atoms with Crippen LogP contribution in [0.1, 0.15) is 34.1 Å². The largest absolute Gasteiger partial charge is 0.385 e. The number of fused-ring (bicyclic) bond motifs is 1. The predicted octanol–water partition coefficient (Wildman–Crippen LogP) is 2.54. The smallest absolute Gasteiger partial charge is 0.321 e. The van der Waals surface area contributed by atoms with Crippen molar-refractivity contribution in [1.29, 1.82) is 0 Å². The summed E-state index contributed by atoms with van der Waals surface area (Å²) in [5.41, 5.74) is -0.0454. The average molecular weight is 421 g/mol. The highest BCUT2D eigenvalue weighted by molar-refractivity contribution is 8.00. The van der Waals surface area contributed by atoms with Crippen molar-refractivity contribution in [3.63, 3.8) is 0 Å². The summed E-state index contributed by atoms with van der Waals surface area (Å²) in [6, 6.07) is 6.55. The molecule has 1 heterocycles. The summed E-state index contributed by atoms with van der Waals surface area (Å²) in [4.78, 5) is 41.9. The molecule has 0 unspecified atom stereocenters. The zero-order valence-corrected chi connectivity index (χ0v) is 18.3. The molecular weight excluding hydrogens is 392 g/mol. The second-order valence-electron chi connectivity index (χ2n) is 7.67. The van der Waals surface area contributed by atoms with Crippen LogP contribution in [0.5, 0.6) is 0 Å². The Morgan fingerprint density at radius 3 is 2.62 bits per heavy atom. The summed E-state index contributed by atoms with van der Waals surface area (Å²) < 4.78 is 6.64. The number of methoxy groups -OCH3 is 1. The van der Waals surface area contributed by atoms with Crippen molar-refractivity contribution in [2.45, 2.75) is 56.6 Å². The van der Waals surface area contributed by atoms with Crippen LogP contribution in [-0.4, -0.2) is 46.0 Å². The maximum absolute atomic E-state index is 12.9. The number of ether oxygens (including phenoxy) is 1. The summed E-state index contributed by atoms with van der Waals surface area (Å²) >= 11 is 1.14. The fraction of sp³-hybridized carbons (Fsp3) is 0.500. The second-order valence-corrected chi connectivity index (χ2v) is 8.98. The van der Waals surface area contributed by atoms with Gasteiger partial charge in [-0.15, -0.1) is 0 Å². The number of amides is 3. The Morgan fingerprint density at radius 2 is 1.97 bits per heavy atom. The molecule has 1 aromatic heterocycles. The number of carbonyl (C=O) groups is 2. The molecule has 0 bridgehead atoms. The van der Waals surface area contributed by atoms with Crippen LogP contribution in [0.4, 0.5) is 4.79 Å². The van der Waals surface area contributed by atoms with E-state index in [2.05, 4.69) is 15.6 Å². The highest BCUT2D eigenvalue weighted by Crippen LogP contribution is 2.23. The number of nitrogens with one attached hydrogen (secondary N) is 2. The lowest BCUT2D eigenvalue weighted by Crippen LogP contribution is -2.49. The van der Waals surface area contributed by atoms with E-state index in [0.29, 0.717) is 35.6 Å². The summed E-state index contributed by atoms with van der Waals surface area (Å²) in [6.07, 6.45) is 0.637. The first kappa shape index (κ1) is 22.9. The molecule has 158 valence electrons. The Bertz CT molecular complexity index is 936. The molecule has 9 heteroatoms. The number of benzene rings is 1. The summed E-state index contributed by atoms with van der Waals surface area (Å²) in [5.74, 6) is -0.456. The molecule has 1 aromatic carbocycles. The molecule has 2 aromatic rings. The number of imide groups is 1. The van der Waals surface area contributed by atoms with E-state index in [0.717, 1.165) is 11.8 Å². The van der Waals surface area contributed by atoms with E-state index in [1.165, 1.54) is 0 Å². The molecule has 0 saturated carbocycles. The molecule has 0 aliphatic heterocycles. The van der Waals surface area contributed by atoms with E-state index in [1.807, 2.05) is 26.8 Å². The SMILES string of the molecule is COCCCn1c(S[C@@H](C)C(=O)NC(=O)NC(C)(C)C)nc2ccccc2c1=O. The lowest BCUT2D eigenvalue weighted by atomic mass is 10.1. The van der Waals surface area contributed by atoms with Gasteiger partial charge in [-0.25, -0.2) is 9.78 Å². The van der Waals surface area contributed by atoms with Crippen LogP contribution in [-0.2, 0) is 16.1 Å². The zero-order chi connectivity index (χ0) is 21.6. The number of thioether (sulfide) groups is 1. The van der Waals surface area contributed by atoms with Gasteiger partial charge in [0.1, 0.15) is 0 Å². The maximum atomic E-state index is 12.9. The number of carbonyl (C=O) groups excluding carboxylic acids is 2. The normalized spacial score (nSPS) is 12.6. The van der Waals surface area contributed by atoms with Crippen molar-refractivity contribution in [3.05, 3.63) is 34.6 Å². The van der Waals surface area contributed by atoms with Gasteiger partial charge in [0, 0.05) is 25.8 Å². The molecule has 2 N–H and O–H groups in total. The minimum Gasteiger partial charge on any atom is -0.385 e. The first-order valence-corrected chi connectivity index (χ1v) is 10.3. The topological polar surface area (TPSA) is 102 Å². The van der Waals surface area contributed by atoms with Crippen molar-refractivity contribution in [3.8, 4) is 0 Å². The van der Waals surface area contributed by atoms with Gasteiger partial charge >= 0.3 is 6.03 Å². The molecule has 2 rings (SSSR count). The van der Waals surface area contributed by atoms with Gasteiger partial charge < -0.3 is 10.1 Å². The molecule has 1 atom stereocenters. The highest BCUT2D eigenvalue weighted by Gasteiger charge is 2.22. The summed E-state index contributed by atoms with van der Waals surface area (Å²) in [6.45, 7) is 8.08. The fourth-order valence-corrected chi connectivity index (χ4v) is 3.53. The number of urea groups is 1. The van der Waals surface area contributed by atoms with Crippen LogP contribution in [0.15, 0.2) is 34.2 Å². The minimum absolute atomic E-state index is 0.160. The number of rotatable bonds is 7. The Morgan fingerprint density at radius 1 is 1.28 bits per heavy atom. The number of aromatic nitrogens is 2. The van der Waals surface area contributed by atoms with Crippen LogP contribution in [0.25, 0.3) is 10.9 Å². The Labute approximate surface area is 174 Å². The Kier molecular flexibility index (Phi) is 7.80. The minimum atomic E-state index is -0.623. The molecule has 0 spiro atoms. The molecule has 0 saturated heterocycles. The average Bonchev–Trinajstić information content (AvgIpc) is 2.62. The third-order valence-corrected chi connectivity index (χ3v) is 5.02. The van der Waals surface area contributed by atoms with E-state index >= 15 is 0 Å². The molecule has 8 nitrogen and oxygen atoms in total. The molecule has 0 aliphatic carbocycles. The van der Waals surface area contributed by atoms with Gasteiger partial charge in [-0.1, -0.05) is 23.9 Å². The number of hydrogen-bond donors (Lipinski definition) is 2. The standard InChI is InChI=1S/C20H28N4O4S/c1-13(16(25)22-18(27)23-20(2,3)4)29-19-21-15-10-7-6-9-14(15)17(26)24(19)11-8-12-28-5/h6-7,9-10,13H,8,11-12H2,1-5H3,(H2,22,23,25,27)/t13-/m0/s1. The van der Waals surface area contributed by atoms with Crippen molar-refractivity contribution >= 4 is 34.6 Å². The van der Waals surface area contributed by atoms with E-state index in [-0.39, 0.29) is 5.56 Å². The number of para-hydroxylation sites is 1. The lowest BCUT2D eigenvalue weighted by molar-refractivity contribution is -0.119. The van der Waals surface area contributed by atoms with Gasteiger partial charge in [0.2, 0.25) is 5.91 Å². The van der Waals surface area contributed by atoms with Crippen LogP contribution < -0.4 is 16.2 Å². The van der Waals surface area contributed by atoms with Crippen LogP contribution in [0.3, 0.4) is 0 Å². The van der Waals surface area contributed by atoms with Crippen molar-refractivity contribution in [1.82, 2.24) is 20.2 Å². The van der Waals surface area contributed by atoms with E-state index in [9.17, 15) is 14.4 Å². The lowest BCUT2D eigenvalue weighted by Gasteiger charge is -2.21. The van der Waals surface area contributed by atoms with Gasteiger partial charge in [0.15, 0.2) is 5.16 Å². The molecular formula is C20H28N4O4S. The van der Waals surface area contributed by atoms with Gasteiger partial charge in [-0.2, -0.15) is 0 Å². The third kappa shape index (κ3) is 6.57. The molecule has 0 fully saturated rings. The first-order chi connectivity index (χ1) is 13.6. The zero-order valence-electron chi connectivity index (χ0n) is 17.4. The first-order valence-electron chi connectivity index (χ1n) is 9.40. The van der Waals surface area contributed by atoms with Crippen LogP contribution in [0, 0.1) is 0 Å². The van der Waals surface area contributed by atoms with Gasteiger partial charge in [-0.05, 0) is 46.2 Å². The Balaban J connectivity index is 2.24. The van der Waals surface area contributed by atoms with E-state index in [1.54, 1.807) is 36.8 Å². The van der Waals surface area contributed by atoms with E-state index in [4.69, 9.17) is 4.74 Å². The van der Waals surface area contributed by atoms with Crippen LogP contribution in [0.2, 0.25) is 0 Å². The Hall–Kier alpha value is -2.39. The second kappa shape index (κ2) is 9.89.